The monoisotopic (exact) mass is 336 g/mol. The van der Waals surface area contributed by atoms with Crippen LogP contribution in [-0.4, -0.2) is 33.0 Å². The van der Waals surface area contributed by atoms with Gasteiger partial charge in [0.1, 0.15) is 6.54 Å². The molecule has 1 aliphatic carbocycles. The van der Waals surface area contributed by atoms with Crippen molar-refractivity contribution in [2.24, 2.45) is 5.92 Å². The Morgan fingerprint density at radius 3 is 2.57 bits per heavy atom. The molecule has 1 N–H and O–H groups in total. The van der Waals surface area contributed by atoms with Gasteiger partial charge in [-0.05, 0) is 31.0 Å². The molecular weight excluding hydrogens is 316 g/mol. The summed E-state index contributed by atoms with van der Waals surface area (Å²) >= 11 is 0. The van der Waals surface area contributed by atoms with E-state index in [9.17, 15) is 18.0 Å². The Morgan fingerprint density at radius 1 is 1.22 bits per heavy atom. The zero-order valence-corrected chi connectivity index (χ0v) is 13.9. The highest BCUT2D eigenvalue weighted by Gasteiger charge is 2.32. The number of benzene rings is 1. The van der Waals surface area contributed by atoms with Crippen molar-refractivity contribution >= 4 is 33.0 Å². The van der Waals surface area contributed by atoms with E-state index in [0.717, 1.165) is 38.4 Å². The smallest absolute Gasteiger partial charge is 0.244 e. The minimum Gasteiger partial charge on any atom is -0.323 e. The molecule has 1 aromatic carbocycles. The fraction of sp³-hybridized carbons (Fsp3) is 0.500. The van der Waals surface area contributed by atoms with Gasteiger partial charge in [0.2, 0.25) is 11.8 Å². The van der Waals surface area contributed by atoms with E-state index in [1.807, 2.05) is 0 Å². The average Bonchev–Trinajstić information content (AvgIpc) is 2.52. The third kappa shape index (κ3) is 3.24. The number of rotatable bonds is 2. The van der Waals surface area contributed by atoms with E-state index in [1.54, 1.807) is 6.07 Å². The van der Waals surface area contributed by atoms with Crippen LogP contribution in [0.5, 0.6) is 0 Å². The number of nitrogens with one attached hydrogen (secondary N) is 1. The molecule has 23 heavy (non-hydrogen) atoms. The largest absolute Gasteiger partial charge is 0.323 e. The predicted octanol–water partition coefficient (Wildman–Crippen LogP) is 1.96. The van der Waals surface area contributed by atoms with E-state index in [-0.39, 0.29) is 29.2 Å². The van der Waals surface area contributed by atoms with Crippen LogP contribution in [0, 0.1) is 5.92 Å². The maximum atomic E-state index is 12.8. The Balaban J connectivity index is 1.95. The van der Waals surface area contributed by atoms with Crippen molar-refractivity contribution in [3.05, 3.63) is 18.2 Å². The van der Waals surface area contributed by atoms with Crippen molar-refractivity contribution in [2.75, 3.05) is 23.0 Å². The molecule has 3 rings (SSSR count). The summed E-state index contributed by atoms with van der Waals surface area (Å²) in [6.07, 6.45) is 6.05. The lowest BCUT2D eigenvalue weighted by Crippen LogP contribution is -2.45. The molecule has 0 radical (unpaired) electrons. The number of sulfone groups is 1. The molecule has 1 fully saturated rings. The molecule has 1 saturated carbocycles. The Bertz CT molecular complexity index is 751. The Labute approximate surface area is 135 Å². The lowest BCUT2D eigenvalue weighted by molar-refractivity contribution is -0.125. The lowest BCUT2D eigenvalue weighted by atomic mass is 9.88. The lowest BCUT2D eigenvalue weighted by Gasteiger charge is -2.33. The van der Waals surface area contributed by atoms with Crippen LogP contribution in [0.15, 0.2) is 23.1 Å². The van der Waals surface area contributed by atoms with Crippen molar-refractivity contribution in [3.8, 4) is 0 Å². The molecule has 0 aromatic heterocycles. The van der Waals surface area contributed by atoms with E-state index < -0.39 is 9.84 Å². The van der Waals surface area contributed by atoms with Gasteiger partial charge in [-0.25, -0.2) is 8.42 Å². The highest BCUT2D eigenvalue weighted by molar-refractivity contribution is 7.90. The normalized spacial score (nSPS) is 19.2. The second kappa shape index (κ2) is 5.96. The maximum Gasteiger partial charge on any atom is 0.244 e. The van der Waals surface area contributed by atoms with E-state index in [0.29, 0.717) is 11.4 Å². The molecule has 1 aromatic rings. The van der Waals surface area contributed by atoms with Crippen LogP contribution in [-0.2, 0) is 19.4 Å². The maximum absolute atomic E-state index is 12.8. The molecule has 2 amide bonds. The number of amides is 2. The van der Waals surface area contributed by atoms with Crippen LogP contribution in [0.4, 0.5) is 11.4 Å². The molecule has 7 heteroatoms. The Morgan fingerprint density at radius 2 is 1.91 bits per heavy atom. The third-order valence-corrected chi connectivity index (χ3v) is 5.59. The Hall–Kier alpha value is -1.89. The molecule has 2 aliphatic rings. The average molecular weight is 336 g/mol. The summed E-state index contributed by atoms with van der Waals surface area (Å²) in [4.78, 5) is 26.3. The number of hydrogen-bond donors (Lipinski definition) is 1. The van der Waals surface area contributed by atoms with E-state index in [4.69, 9.17) is 0 Å². The number of carbonyl (C=O) groups is 2. The first-order chi connectivity index (χ1) is 10.9. The minimum absolute atomic E-state index is 0.0133. The predicted molar refractivity (Wildman–Crippen MR) is 87.1 cm³/mol. The molecule has 1 heterocycles. The number of hydrogen-bond acceptors (Lipinski definition) is 4. The quantitative estimate of drug-likeness (QED) is 0.895. The minimum atomic E-state index is -3.37. The van der Waals surface area contributed by atoms with Crippen molar-refractivity contribution in [1.29, 1.82) is 0 Å². The van der Waals surface area contributed by atoms with Crippen LogP contribution in [0.25, 0.3) is 0 Å². The molecule has 124 valence electrons. The first kappa shape index (κ1) is 16.0. The van der Waals surface area contributed by atoms with Gasteiger partial charge in [0.05, 0.1) is 16.3 Å². The van der Waals surface area contributed by atoms with Gasteiger partial charge in [0.25, 0.3) is 0 Å². The highest BCUT2D eigenvalue weighted by atomic mass is 32.2. The number of anilines is 2. The second-order valence-corrected chi connectivity index (χ2v) is 8.27. The topological polar surface area (TPSA) is 83.6 Å². The van der Waals surface area contributed by atoms with Crippen LogP contribution in [0.2, 0.25) is 0 Å². The van der Waals surface area contributed by atoms with Crippen LogP contribution in [0.3, 0.4) is 0 Å². The number of fused-ring (bicyclic) bond motifs is 1. The highest BCUT2D eigenvalue weighted by Crippen LogP contribution is 2.34. The van der Waals surface area contributed by atoms with E-state index in [1.165, 1.54) is 17.0 Å². The third-order valence-electron chi connectivity index (χ3n) is 4.48. The zero-order chi connectivity index (χ0) is 16.6. The summed E-state index contributed by atoms with van der Waals surface area (Å²) in [5.41, 5.74) is 0.959. The molecule has 1 aliphatic heterocycles. The van der Waals surface area contributed by atoms with Crippen molar-refractivity contribution in [3.63, 3.8) is 0 Å². The van der Waals surface area contributed by atoms with Gasteiger partial charge in [0.15, 0.2) is 9.84 Å². The van der Waals surface area contributed by atoms with Gasteiger partial charge < -0.3 is 10.2 Å². The fourth-order valence-electron chi connectivity index (χ4n) is 3.27. The number of carbonyl (C=O) groups excluding carboxylic acids is 2. The first-order valence-corrected chi connectivity index (χ1v) is 9.71. The second-order valence-electron chi connectivity index (χ2n) is 6.26. The summed E-state index contributed by atoms with van der Waals surface area (Å²) in [5, 5.41) is 2.66. The number of nitrogens with zero attached hydrogens (tertiary/aromatic N) is 1. The molecule has 0 unspecified atom stereocenters. The van der Waals surface area contributed by atoms with Gasteiger partial charge in [-0.3, -0.25) is 9.59 Å². The summed E-state index contributed by atoms with van der Waals surface area (Å²) < 4.78 is 23.3. The van der Waals surface area contributed by atoms with Gasteiger partial charge in [0, 0.05) is 12.2 Å². The van der Waals surface area contributed by atoms with Crippen LogP contribution >= 0.6 is 0 Å². The summed E-state index contributed by atoms with van der Waals surface area (Å²) in [6.45, 7) is -0.0133. The molecule has 0 atom stereocenters. The van der Waals surface area contributed by atoms with Gasteiger partial charge >= 0.3 is 0 Å². The molecule has 0 bridgehead atoms. The fourth-order valence-corrected chi connectivity index (χ4v) is 3.91. The SMILES string of the molecule is CS(=O)(=O)c1ccc2c(c1)NC(=O)CN2C(=O)C1CCCCC1. The van der Waals surface area contributed by atoms with Gasteiger partial charge in [-0.1, -0.05) is 19.3 Å². The summed E-state index contributed by atoms with van der Waals surface area (Å²) in [6, 6.07) is 4.50. The van der Waals surface area contributed by atoms with E-state index in [2.05, 4.69) is 5.32 Å². The molecular formula is C16H20N2O4S. The van der Waals surface area contributed by atoms with Crippen molar-refractivity contribution in [2.45, 2.75) is 37.0 Å². The van der Waals surface area contributed by atoms with Gasteiger partial charge in [-0.15, -0.1) is 0 Å². The molecule has 6 nitrogen and oxygen atoms in total. The van der Waals surface area contributed by atoms with Crippen molar-refractivity contribution in [1.82, 2.24) is 0 Å². The van der Waals surface area contributed by atoms with E-state index >= 15 is 0 Å². The molecule has 0 saturated heterocycles. The molecule has 0 spiro atoms. The standard InChI is InChI=1S/C16H20N2O4S/c1-23(21,22)12-7-8-14-13(9-12)17-15(19)10-18(14)16(20)11-5-3-2-4-6-11/h7-9,11H,2-6,10H2,1H3,(H,17,19). The van der Waals surface area contributed by atoms with Crippen LogP contribution in [0.1, 0.15) is 32.1 Å². The Kier molecular flexibility index (Phi) is 4.14. The summed E-state index contributed by atoms with van der Waals surface area (Å²) in [7, 11) is -3.37. The zero-order valence-electron chi connectivity index (χ0n) is 13.0. The summed E-state index contributed by atoms with van der Waals surface area (Å²) in [5.74, 6) is -0.377. The van der Waals surface area contributed by atoms with Crippen LogP contribution < -0.4 is 10.2 Å². The first-order valence-electron chi connectivity index (χ1n) is 7.81. The van der Waals surface area contributed by atoms with Gasteiger partial charge in [-0.2, -0.15) is 0 Å². The van der Waals surface area contributed by atoms with Crippen molar-refractivity contribution < 1.29 is 18.0 Å².